The summed E-state index contributed by atoms with van der Waals surface area (Å²) in [7, 11) is 0. The van der Waals surface area contributed by atoms with Gasteiger partial charge in [-0.3, -0.25) is 10.3 Å². The number of guanidine groups is 1. The van der Waals surface area contributed by atoms with Gasteiger partial charge >= 0.3 is 12.2 Å². The summed E-state index contributed by atoms with van der Waals surface area (Å²) in [6.45, 7) is 9.51. The summed E-state index contributed by atoms with van der Waals surface area (Å²) in [6, 6.07) is 7.75. The molecule has 31 heavy (non-hydrogen) atoms. The molecule has 0 saturated carbocycles. The quantitative estimate of drug-likeness (QED) is 0.469. The lowest BCUT2D eigenvalue weighted by Gasteiger charge is -2.31. The first-order chi connectivity index (χ1) is 14.7. The fourth-order valence-corrected chi connectivity index (χ4v) is 3.16. The van der Waals surface area contributed by atoms with Crippen LogP contribution in [0.5, 0.6) is 0 Å². The minimum absolute atomic E-state index is 0.202. The molecule has 1 heterocycles. The molecule has 0 bridgehead atoms. The monoisotopic (exact) mass is 433 g/mol. The number of nitrogens with zero attached hydrogens (tertiary/aromatic N) is 2. The lowest BCUT2D eigenvalue weighted by Crippen LogP contribution is -2.48. The molecule has 0 spiro atoms. The number of hydrogen-bond donors (Lipinski definition) is 3. The number of anilines is 1. The first kappa shape index (κ1) is 24.3. The lowest BCUT2D eigenvalue weighted by atomic mass is 10.1. The van der Waals surface area contributed by atoms with Gasteiger partial charge in [0.15, 0.2) is 5.96 Å². The summed E-state index contributed by atoms with van der Waals surface area (Å²) < 4.78 is 10.3. The highest BCUT2D eigenvalue weighted by Gasteiger charge is 2.23. The molecule has 1 aromatic rings. The summed E-state index contributed by atoms with van der Waals surface area (Å²) in [4.78, 5) is 29.7. The van der Waals surface area contributed by atoms with Crippen molar-refractivity contribution in [2.75, 3.05) is 31.6 Å². The fraction of sp³-hybridized carbons (Fsp3) is 0.591. The van der Waals surface area contributed by atoms with Crippen LogP contribution in [0, 0.1) is 0 Å². The Morgan fingerprint density at radius 3 is 2.42 bits per heavy atom. The molecule has 0 radical (unpaired) electrons. The number of aliphatic imine (C=N–C) groups is 1. The maximum absolute atomic E-state index is 11.8. The topological polar surface area (TPSA) is 118 Å². The third-order valence-corrected chi connectivity index (χ3v) is 4.65. The van der Waals surface area contributed by atoms with Gasteiger partial charge in [0.05, 0.1) is 6.61 Å². The highest BCUT2D eigenvalue weighted by molar-refractivity contribution is 5.84. The Bertz CT molecular complexity index is 750. The third kappa shape index (κ3) is 9.15. The van der Waals surface area contributed by atoms with Crippen molar-refractivity contribution in [1.82, 2.24) is 10.2 Å². The molecule has 9 nitrogen and oxygen atoms in total. The van der Waals surface area contributed by atoms with E-state index in [9.17, 15) is 9.59 Å². The lowest BCUT2D eigenvalue weighted by molar-refractivity contribution is 0.0635. The molecular weight excluding hydrogens is 398 g/mol. The number of nitrogens with two attached hydrogens (primary N) is 1. The van der Waals surface area contributed by atoms with Crippen molar-refractivity contribution in [3.8, 4) is 0 Å². The van der Waals surface area contributed by atoms with E-state index in [1.807, 2.05) is 45.0 Å². The molecule has 2 amide bonds. The van der Waals surface area contributed by atoms with E-state index in [1.54, 1.807) is 11.8 Å². The van der Waals surface area contributed by atoms with E-state index in [-0.39, 0.29) is 12.1 Å². The molecule has 1 aliphatic heterocycles. The predicted octanol–water partition coefficient (Wildman–Crippen LogP) is 3.10. The average Bonchev–Trinajstić information content (AvgIpc) is 2.68. The Labute approximate surface area is 184 Å². The van der Waals surface area contributed by atoms with Crippen LogP contribution in [0.1, 0.15) is 46.1 Å². The number of piperidine rings is 1. The second-order valence-electron chi connectivity index (χ2n) is 8.45. The number of amides is 2. The van der Waals surface area contributed by atoms with Crippen molar-refractivity contribution < 1.29 is 19.1 Å². The number of benzene rings is 1. The molecule has 9 heteroatoms. The smallest absolute Gasteiger partial charge is 0.412 e. The molecule has 0 aliphatic carbocycles. The van der Waals surface area contributed by atoms with Crippen LogP contribution in [0.3, 0.4) is 0 Å². The minimum atomic E-state index is -0.534. The zero-order valence-corrected chi connectivity index (χ0v) is 18.9. The van der Waals surface area contributed by atoms with E-state index in [1.165, 1.54) is 0 Å². The molecule has 2 rings (SSSR count). The molecule has 1 aliphatic rings. The Morgan fingerprint density at radius 1 is 1.19 bits per heavy atom. The third-order valence-electron chi connectivity index (χ3n) is 4.65. The van der Waals surface area contributed by atoms with E-state index < -0.39 is 11.7 Å². The van der Waals surface area contributed by atoms with E-state index in [4.69, 9.17) is 15.2 Å². The van der Waals surface area contributed by atoms with Gasteiger partial charge in [-0.05, 0) is 64.7 Å². The van der Waals surface area contributed by atoms with Crippen molar-refractivity contribution in [1.29, 1.82) is 0 Å². The van der Waals surface area contributed by atoms with Gasteiger partial charge in [-0.25, -0.2) is 9.59 Å². The van der Waals surface area contributed by atoms with E-state index in [0.29, 0.717) is 37.9 Å². The zero-order chi connectivity index (χ0) is 22.9. The van der Waals surface area contributed by atoms with Gasteiger partial charge in [0.25, 0.3) is 0 Å². The van der Waals surface area contributed by atoms with Crippen LogP contribution in [-0.2, 0) is 15.9 Å². The van der Waals surface area contributed by atoms with Crippen LogP contribution in [-0.4, -0.2) is 60.9 Å². The summed E-state index contributed by atoms with van der Waals surface area (Å²) in [5.74, 6) is 0.415. The van der Waals surface area contributed by atoms with Crippen molar-refractivity contribution in [3.63, 3.8) is 0 Å². The number of hydrogen-bond acceptors (Lipinski definition) is 5. The van der Waals surface area contributed by atoms with Crippen molar-refractivity contribution >= 4 is 23.8 Å². The van der Waals surface area contributed by atoms with Gasteiger partial charge in [0.2, 0.25) is 0 Å². The van der Waals surface area contributed by atoms with Crippen LogP contribution in [0.25, 0.3) is 0 Å². The molecule has 1 fully saturated rings. The zero-order valence-electron chi connectivity index (χ0n) is 18.9. The van der Waals surface area contributed by atoms with Gasteiger partial charge < -0.3 is 25.4 Å². The molecule has 0 unspecified atom stereocenters. The van der Waals surface area contributed by atoms with E-state index >= 15 is 0 Å². The first-order valence-corrected chi connectivity index (χ1v) is 10.7. The highest BCUT2D eigenvalue weighted by atomic mass is 16.6. The molecule has 0 aromatic heterocycles. The van der Waals surface area contributed by atoms with Gasteiger partial charge in [-0.15, -0.1) is 0 Å². The predicted molar refractivity (Wildman–Crippen MR) is 121 cm³/mol. The number of rotatable bonds is 6. The molecule has 1 aromatic carbocycles. The van der Waals surface area contributed by atoms with Crippen molar-refractivity contribution in [2.24, 2.45) is 10.7 Å². The number of ether oxygens (including phenoxy) is 2. The largest absolute Gasteiger partial charge is 0.450 e. The SMILES string of the molecule is CCOC(=O)N1CCC(NC(N)=NCCc2ccc(NC(=O)OC(C)(C)C)cc2)CC1. The van der Waals surface area contributed by atoms with E-state index in [2.05, 4.69) is 15.6 Å². The van der Waals surface area contributed by atoms with Gasteiger partial charge in [0.1, 0.15) is 5.60 Å². The molecule has 172 valence electrons. The Kier molecular flexibility index (Phi) is 8.96. The molecular formula is C22H35N5O4. The molecule has 4 N–H and O–H groups in total. The van der Waals surface area contributed by atoms with Crippen LogP contribution >= 0.6 is 0 Å². The fourth-order valence-electron chi connectivity index (χ4n) is 3.16. The van der Waals surface area contributed by atoms with Crippen LogP contribution < -0.4 is 16.4 Å². The Morgan fingerprint density at radius 2 is 1.84 bits per heavy atom. The maximum Gasteiger partial charge on any atom is 0.412 e. The van der Waals surface area contributed by atoms with Gasteiger partial charge in [0, 0.05) is 31.4 Å². The Hall–Kier alpha value is -2.97. The van der Waals surface area contributed by atoms with Gasteiger partial charge in [-0.2, -0.15) is 0 Å². The van der Waals surface area contributed by atoms with Crippen LogP contribution in [0.4, 0.5) is 15.3 Å². The molecule has 0 atom stereocenters. The summed E-state index contributed by atoms with van der Waals surface area (Å²) >= 11 is 0. The number of carbonyl (C=O) groups is 2. The maximum atomic E-state index is 11.8. The summed E-state index contributed by atoms with van der Waals surface area (Å²) in [6.07, 6.45) is 1.62. The summed E-state index contributed by atoms with van der Waals surface area (Å²) in [5, 5.41) is 5.94. The second-order valence-corrected chi connectivity index (χ2v) is 8.45. The highest BCUT2D eigenvalue weighted by Crippen LogP contribution is 2.14. The minimum Gasteiger partial charge on any atom is -0.450 e. The Balaban J connectivity index is 1.71. The molecule has 1 saturated heterocycles. The number of nitrogens with one attached hydrogen (secondary N) is 2. The van der Waals surface area contributed by atoms with Crippen molar-refractivity contribution in [2.45, 2.75) is 58.6 Å². The van der Waals surface area contributed by atoms with E-state index in [0.717, 1.165) is 24.8 Å². The standard InChI is InChI=1S/C22H35N5O4/c1-5-30-21(29)27-14-11-18(12-15-27)25-19(23)24-13-10-16-6-8-17(9-7-16)26-20(28)31-22(2,3)4/h6-9,18H,5,10-15H2,1-4H3,(H,26,28)(H3,23,24,25). The number of carbonyl (C=O) groups excluding carboxylic acids is 2. The van der Waals surface area contributed by atoms with Crippen LogP contribution in [0.15, 0.2) is 29.3 Å². The normalized spacial score (nSPS) is 15.4. The second kappa shape index (κ2) is 11.4. The van der Waals surface area contributed by atoms with Crippen LogP contribution in [0.2, 0.25) is 0 Å². The summed E-state index contributed by atoms with van der Waals surface area (Å²) in [5.41, 5.74) is 7.25. The van der Waals surface area contributed by atoms with Crippen molar-refractivity contribution in [3.05, 3.63) is 29.8 Å². The first-order valence-electron chi connectivity index (χ1n) is 10.7. The average molecular weight is 434 g/mol. The van der Waals surface area contributed by atoms with Gasteiger partial charge in [-0.1, -0.05) is 12.1 Å². The number of likely N-dealkylation sites (tertiary alicyclic amines) is 1.